The van der Waals surface area contributed by atoms with Gasteiger partial charge in [0.1, 0.15) is 12.2 Å². The zero-order valence-corrected chi connectivity index (χ0v) is 16.6. The van der Waals surface area contributed by atoms with Crippen LogP contribution in [0.5, 0.6) is 0 Å². The first-order chi connectivity index (χ1) is 12.6. The van der Waals surface area contributed by atoms with Crippen molar-refractivity contribution in [3.63, 3.8) is 0 Å². The first-order valence-electron chi connectivity index (χ1n) is 8.58. The average molecular weight is 396 g/mol. The molecule has 0 unspecified atom stereocenters. The summed E-state index contributed by atoms with van der Waals surface area (Å²) in [6, 6.07) is 11.7. The Kier molecular flexibility index (Phi) is 5.33. The molecule has 0 radical (unpaired) electrons. The van der Waals surface area contributed by atoms with Crippen molar-refractivity contribution in [2.75, 3.05) is 19.9 Å². The van der Waals surface area contributed by atoms with Crippen LogP contribution in [0.3, 0.4) is 0 Å². The van der Waals surface area contributed by atoms with Gasteiger partial charge in [-0.05, 0) is 19.4 Å². The van der Waals surface area contributed by atoms with E-state index >= 15 is 0 Å². The maximum Gasteiger partial charge on any atom is 0.212 e. The van der Waals surface area contributed by atoms with Gasteiger partial charge in [0, 0.05) is 7.05 Å². The minimum Gasteiger partial charge on any atom is -0.374 e. The summed E-state index contributed by atoms with van der Waals surface area (Å²) in [6.45, 7) is 3.71. The third kappa shape index (κ3) is 3.74. The molecule has 2 saturated heterocycles. The van der Waals surface area contributed by atoms with Crippen LogP contribution in [0, 0.1) is 11.3 Å². The fraction of sp³-hybridized carbons (Fsp3) is 0.611. The van der Waals surface area contributed by atoms with E-state index in [4.69, 9.17) is 18.9 Å². The molecule has 0 aromatic heterocycles. The molecule has 4 atom stereocenters. The highest BCUT2D eigenvalue weighted by molar-refractivity contribution is 7.88. The van der Waals surface area contributed by atoms with Gasteiger partial charge in [0.05, 0.1) is 25.5 Å². The number of ether oxygens (including phenoxy) is 4. The molecule has 9 heteroatoms. The standard InChI is InChI=1S/C18H24N2O6S/c1-17(2)25-15-16(26-17)24-14(11-23-10-13-8-6-5-7-9-13)18(15,12-19)20(3)27(4,21)22/h5-9,14-16H,10-11H2,1-4H3/t14-,15+,16-,18-/m1/s1. The van der Waals surface area contributed by atoms with Gasteiger partial charge in [-0.1, -0.05) is 30.3 Å². The third-order valence-corrected chi connectivity index (χ3v) is 6.16. The van der Waals surface area contributed by atoms with Gasteiger partial charge in [-0.15, -0.1) is 0 Å². The molecule has 8 nitrogen and oxygen atoms in total. The van der Waals surface area contributed by atoms with Gasteiger partial charge in [-0.3, -0.25) is 0 Å². The van der Waals surface area contributed by atoms with Crippen LogP contribution in [0.25, 0.3) is 0 Å². The number of hydrogen-bond donors (Lipinski definition) is 0. The summed E-state index contributed by atoms with van der Waals surface area (Å²) in [4.78, 5) is 0. The minimum atomic E-state index is -3.70. The van der Waals surface area contributed by atoms with Crippen LogP contribution in [0.2, 0.25) is 0 Å². The van der Waals surface area contributed by atoms with E-state index in [9.17, 15) is 13.7 Å². The highest BCUT2D eigenvalue weighted by atomic mass is 32.2. The van der Waals surface area contributed by atoms with Crippen molar-refractivity contribution in [2.45, 2.75) is 50.3 Å². The highest BCUT2D eigenvalue weighted by Gasteiger charge is 2.67. The Balaban J connectivity index is 1.85. The van der Waals surface area contributed by atoms with E-state index in [1.807, 2.05) is 30.3 Å². The second-order valence-electron chi connectivity index (χ2n) is 7.22. The lowest BCUT2D eigenvalue weighted by atomic mass is 9.90. The molecule has 2 fully saturated rings. The Morgan fingerprint density at radius 3 is 2.52 bits per heavy atom. The van der Waals surface area contributed by atoms with Gasteiger partial charge in [0.25, 0.3) is 0 Å². The first-order valence-corrected chi connectivity index (χ1v) is 10.4. The van der Waals surface area contributed by atoms with Gasteiger partial charge in [-0.25, -0.2) is 8.42 Å². The molecular weight excluding hydrogens is 372 g/mol. The fourth-order valence-corrected chi connectivity index (χ4v) is 4.27. The van der Waals surface area contributed by atoms with Crippen LogP contribution in [-0.4, -0.2) is 62.5 Å². The second-order valence-corrected chi connectivity index (χ2v) is 9.23. The fourth-order valence-electron chi connectivity index (χ4n) is 3.46. The number of likely N-dealkylation sites (N-methyl/N-ethyl adjacent to an activating group) is 1. The Bertz CT molecular complexity index is 822. The minimum absolute atomic E-state index is 0.0163. The van der Waals surface area contributed by atoms with Crippen molar-refractivity contribution in [3.05, 3.63) is 35.9 Å². The number of hydrogen-bond acceptors (Lipinski definition) is 7. The molecule has 2 aliphatic rings. The van der Waals surface area contributed by atoms with Crippen molar-refractivity contribution < 1.29 is 27.4 Å². The SMILES string of the molecule is CN([C@]1(C#N)[C@@H](COCc2ccccc2)O[C@@H]2OC(C)(C)O[C@@H]21)S(C)(=O)=O. The summed E-state index contributed by atoms with van der Waals surface area (Å²) < 4.78 is 48.7. The summed E-state index contributed by atoms with van der Waals surface area (Å²) in [7, 11) is -2.35. The lowest BCUT2D eigenvalue weighted by Crippen LogP contribution is -2.61. The maximum atomic E-state index is 12.3. The lowest BCUT2D eigenvalue weighted by Gasteiger charge is -2.37. The van der Waals surface area contributed by atoms with Crippen molar-refractivity contribution in [1.29, 1.82) is 5.26 Å². The van der Waals surface area contributed by atoms with Gasteiger partial charge in [-0.2, -0.15) is 9.57 Å². The number of nitrogens with zero attached hydrogens (tertiary/aromatic N) is 2. The van der Waals surface area contributed by atoms with Crippen LogP contribution in [0.15, 0.2) is 30.3 Å². The van der Waals surface area contributed by atoms with Gasteiger partial charge in [0.2, 0.25) is 10.0 Å². The first kappa shape index (κ1) is 20.2. The number of nitriles is 1. The number of rotatable bonds is 6. The molecule has 27 heavy (non-hydrogen) atoms. The number of sulfonamides is 1. The van der Waals surface area contributed by atoms with E-state index in [1.54, 1.807) is 13.8 Å². The van der Waals surface area contributed by atoms with Gasteiger partial charge < -0.3 is 18.9 Å². The van der Waals surface area contributed by atoms with E-state index < -0.39 is 39.8 Å². The molecule has 1 aromatic carbocycles. The molecule has 0 N–H and O–H groups in total. The molecule has 0 saturated carbocycles. The second kappa shape index (κ2) is 7.13. The van der Waals surface area contributed by atoms with E-state index in [1.165, 1.54) is 7.05 Å². The molecular formula is C18H24N2O6S. The maximum absolute atomic E-state index is 12.3. The third-order valence-electron chi connectivity index (χ3n) is 4.86. The number of benzene rings is 1. The van der Waals surface area contributed by atoms with Crippen LogP contribution < -0.4 is 0 Å². The zero-order chi connectivity index (χ0) is 19.9. The summed E-state index contributed by atoms with van der Waals surface area (Å²) in [5, 5.41) is 10.0. The van der Waals surface area contributed by atoms with Crippen molar-refractivity contribution in [3.8, 4) is 6.07 Å². The quantitative estimate of drug-likeness (QED) is 0.713. The summed E-state index contributed by atoms with van der Waals surface area (Å²) >= 11 is 0. The Morgan fingerprint density at radius 2 is 1.93 bits per heavy atom. The van der Waals surface area contributed by atoms with Gasteiger partial charge >= 0.3 is 0 Å². The van der Waals surface area contributed by atoms with Gasteiger partial charge in [0.15, 0.2) is 17.6 Å². The highest BCUT2D eigenvalue weighted by Crippen LogP contribution is 2.46. The molecule has 1 aromatic rings. The van der Waals surface area contributed by atoms with Crippen molar-refractivity contribution in [1.82, 2.24) is 4.31 Å². The molecule has 0 spiro atoms. The number of fused-ring (bicyclic) bond motifs is 1. The molecule has 2 aliphatic heterocycles. The Hall–Kier alpha value is -1.54. The normalized spacial score (nSPS) is 32.4. The van der Waals surface area contributed by atoms with Crippen molar-refractivity contribution in [2.24, 2.45) is 0 Å². The largest absolute Gasteiger partial charge is 0.374 e. The lowest BCUT2D eigenvalue weighted by molar-refractivity contribution is -0.218. The molecule has 3 rings (SSSR count). The summed E-state index contributed by atoms with van der Waals surface area (Å²) in [5.41, 5.74) is -0.633. The Morgan fingerprint density at radius 1 is 1.26 bits per heavy atom. The topological polar surface area (TPSA) is 98.1 Å². The zero-order valence-electron chi connectivity index (χ0n) is 15.8. The van der Waals surface area contributed by atoms with Crippen LogP contribution in [-0.2, 0) is 35.6 Å². The van der Waals surface area contributed by atoms with Crippen LogP contribution in [0.4, 0.5) is 0 Å². The smallest absolute Gasteiger partial charge is 0.212 e. The summed E-state index contributed by atoms with van der Waals surface area (Å²) in [5.74, 6) is -0.981. The van der Waals surface area contributed by atoms with Crippen molar-refractivity contribution >= 4 is 10.0 Å². The monoisotopic (exact) mass is 396 g/mol. The average Bonchev–Trinajstić information content (AvgIpc) is 3.04. The summed E-state index contributed by atoms with van der Waals surface area (Å²) in [6.07, 6.45) is -1.56. The van der Waals surface area contributed by atoms with E-state index in [0.717, 1.165) is 16.1 Å². The Labute approximate surface area is 159 Å². The predicted molar refractivity (Wildman–Crippen MR) is 95.7 cm³/mol. The molecule has 0 aliphatic carbocycles. The van der Waals surface area contributed by atoms with E-state index in [0.29, 0.717) is 6.61 Å². The van der Waals surface area contributed by atoms with Crippen LogP contribution >= 0.6 is 0 Å². The molecule has 0 amide bonds. The van der Waals surface area contributed by atoms with E-state index in [-0.39, 0.29) is 6.61 Å². The van der Waals surface area contributed by atoms with Crippen LogP contribution in [0.1, 0.15) is 19.4 Å². The molecule has 0 bridgehead atoms. The molecule has 148 valence electrons. The molecule has 2 heterocycles. The predicted octanol–water partition coefficient (Wildman–Crippen LogP) is 1.23. The van der Waals surface area contributed by atoms with E-state index in [2.05, 4.69) is 6.07 Å².